The third kappa shape index (κ3) is 77.9. The molecule has 2 atom stereocenters. The van der Waals surface area contributed by atoms with Crippen LogP contribution in [-0.4, -0.2) is 74.9 Å². The van der Waals surface area contributed by atoms with E-state index in [0.717, 1.165) is 38.5 Å². The molecule has 9 nitrogen and oxygen atoms in total. The van der Waals surface area contributed by atoms with Gasteiger partial charge in [0.15, 0.2) is 6.10 Å². The number of hydrogen-bond acceptors (Lipinski definition) is 7. The molecule has 10 heteroatoms. The second-order valence-corrected chi connectivity index (χ2v) is 31.3. The molecule has 0 heterocycles. The molecule has 0 rings (SSSR count). The maximum absolute atomic E-state index is 12.9. The van der Waals surface area contributed by atoms with Gasteiger partial charge in [0, 0.05) is 12.8 Å². The molecule has 2 unspecified atom stereocenters. The van der Waals surface area contributed by atoms with Gasteiger partial charge in [-0.15, -0.1) is 0 Å². The highest BCUT2D eigenvalue weighted by atomic mass is 31.2. The van der Waals surface area contributed by atoms with Gasteiger partial charge in [-0.25, -0.2) is 4.57 Å². The number of hydrogen-bond donors (Lipinski definition) is 1. The molecule has 0 saturated heterocycles. The largest absolute Gasteiger partial charge is 0.472 e. The number of rotatable bonds is 79. The van der Waals surface area contributed by atoms with E-state index in [1.54, 1.807) is 0 Å². The van der Waals surface area contributed by atoms with Crippen molar-refractivity contribution in [2.45, 2.75) is 463 Å². The lowest BCUT2D eigenvalue weighted by Gasteiger charge is -2.24. The first-order chi connectivity index (χ1) is 44.5. The molecule has 0 fully saturated rings. The highest BCUT2D eigenvalue weighted by molar-refractivity contribution is 7.47. The molecule has 1 N–H and O–H groups in total. The second-order valence-electron chi connectivity index (χ2n) is 29.9. The predicted molar refractivity (Wildman–Crippen MR) is 395 cm³/mol. The molecule has 91 heavy (non-hydrogen) atoms. The molecule has 0 spiro atoms. The summed E-state index contributed by atoms with van der Waals surface area (Å²) in [5.74, 6) is -0.764. The van der Waals surface area contributed by atoms with Crippen LogP contribution in [0.5, 0.6) is 0 Å². The standard InChI is InChI=1S/C81H162NO8P/c1-6-8-10-12-14-16-18-20-22-24-26-28-30-32-34-36-37-38-39-40-41-42-43-44-46-48-50-52-54-56-58-60-62-64-66-68-70-72-74-81(84)90-79(78-89-91(85,86)88-76-75-82(3,4)5)77-87-80(83)73-71-69-67-65-63-61-59-57-55-53-51-49-47-45-35-33-31-29-27-25-23-21-19-17-15-13-11-9-7-2/h79H,6-78H2,1-5H3/p+1. The molecule has 0 saturated carbocycles. The topological polar surface area (TPSA) is 108 Å². The minimum atomic E-state index is -4.39. The number of ether oxygens (including phenoxy) is 2. The normalized spacial score (nSPS) is 12.9. The minimum absolute atomic E-state index is 0.0379. The lowest BCUT2D eigenvalue weighted by Crippen LogP contribution is -2.37. The Morgan fingerprint density at radius 3 is 0.703 bits per heavy atom. The number of phosphoric ester groups is 1. The Kier molecular flexibility index (Phi) is 72.5. The first-order valence-electron chi connectivity index (χ1n) is 41.3. The third-order valence-electron chi connectivity index (χ3n) is 19.4. The van der Waals surface area contributed by atoms with Crippen molar-refractivity contribution in [2.75, 3.05) is 47.5 Å². The monoisotopic (exact) mass is 1310 g/mol. The summed E-state index contributed by atoms with van der Waals surface area (Å²) in [6, 6.07) is 0. The zero-order chi connectivity index (χ0) is 66.2. The van der Waals surface area contributed by atoms with E-state index >= 15 is 0 Å². The Hall–Kier alpha value is -0.990. The molecule has 0 radical (unpaired) electrons. The maximum atomic E-state index is 12.9. The van der Waals surface area contributed by atoms with Crippen molar-refractivity contribution >= 4 is 19.8 Å². The summed E-state index contributed by atoms with van der Waals surface area (Å²) in [5, 5.41) is 0. The van der Waals surface area contributed by atoms with Gasteiger partial charge in [-0.2, -0.15) is 0 Å². The number of unbranched alkanes of at least 4 members (excludes halogenated alkanes) is 65. The van der Waals surface area contributed by atoms with Gasteiger partial charge in [0.1, 0.15) is 19.8 Å². The van der Waals surface area contributed by atoms with E-state index in [9.17, 15) is 19.0 Å². The van der Waals surface area contributed by atoms with Crippen LogP contribution in [0.4, 0.5) is 0 Å². The molecular formula is C81H163NO8P+. The summed E-state index contributed by atoms with van der Waals surface area (Å²) >= 11 is 0. The minimum Gasteiger partial charge on any atom is -0.462 e. The zero-order valence-corrected chi connectivity index (χ0v) is 63.3. The van der Waals surface area contributed by atoms with E-state index in [1.165, 1.54) is 392 Å². The quantitative estimate of drug-likeness (QED) is 0.0278. The van der Waals surface area contributed by atoms with Crippen LogP contribution in [0.1, 0.15) is 457 Å². The van der Waals surface area contributed by atoms with Crippen molar-refractivity contribution in [1.29, 1.82) is 0 Å². The third-order valence-corrected chi connectivity index (χ3v) is 20.4. The van der Waals surface area contributed by atoms with Gasteiger partial charge in [-0.3, -0.25) is 18.6 Å². The van der Waals surface area contributed by atoms with Gasteiger partial charge < -0.3 is 18.9 Å². The molecule has 544 valence electrons. The molecule has 0 amide bonds. The Morgan fingerprint density at radius 2 is 0.495 bits per heavy atom. The van der Waals surface area contributed by atoms with Crippen LogP contribution in [-0.2, 0) is 32.7 Å². The fourth-order valence-electron chi connectivity index (χ4n) is 13.1. The van der Waals surface area contributed by atoms with E-state index in [2.05, 4.69) is 13.8 Å². The van der Waals surface area contributed by atoms with Crippen LogP contribution in [0, 0.1) is 0 Å². The maximum Gasteiger partial charge on any atom is 0.472 e. The summed E-state index contributed by atoms with van der Waals surface area (Å²) in [6.45, 7) is 4.55. The van der Waals surface area contributed by atoms with Gasteiger partial charge in [-0.05, 0) is 12.8 Å². The van der Waals surface area contributed by atoms with Crippen molar-refractivity contribution in [3.63, 3.8) is 0 Å². The summed E-state index contributed by atoms with van der Waals surface area (Å²) < 4.78 is 34.9. The van der Waals surface area contributed by atoms with Crippen molar-refractivity contribution in [1.82, 2.24) is 0 Å². The number of quaternary nitrogens is 1. The average Bonchev–Trinajstić information content (AvgIpc) is 3.30. The molecule has 0 bridgehead atoms. The molecule has 0 aromatic carbocycles. The van der Waals surface area contributed by atoms with Gasteiger partial charge in [-0.1, -0.05) is 431 Å². The SMILES string of the molecule is CCCCCCCCCCCCCCCCCCCCCCCCCCCCCCCCCCCCCCCCC(=O)OC(COC(=O)CCCCCCCCCCCCCCCCCCCCCCCCCCCCCCC)COP(=O)(O)OCC[N+](C)(C)C. The van der Waals surface area contributed by atoms with Crippen LogP contribution in [0.2, 0.25) is 0 Å². The Labute approximate surface area is 569 Å². The van der Waals surface area contributed by atoms with Gasteiger partial charge in [0.05, 0.1) is 27.7 Å². The van der Waals surface area contributed by atoms with Gasteiger partial charge in [0.25, 0.3) is 0 Å². The molecular weight excluding hydrogens is 1150 g/mol. The highest BCUT2D eigenvalue weighted by Crippen LogP contribution is 2.43. The van der Waals surface area contributed by atoms with E-state index in [4.69, 9.17) is 18.5 Å². The van der Waals surface area contributed by atoms with Crippen LogP contribution < -0.4 is 0 Å². The van der Waals surface area contributed by atoms with Crippen molar-refractivity contribution in [3.8, 4) is 0 Å². The first-order valence-corrected chi connectivity index (χ1v) is 42.8. The van der Waals surface area contributed by atoms with E-state index in [0.29, 0.717) is 17.4 Å². The fraction of sp³-hybridized carbons (Fsp3) is 0.975. The van der Waals surface area contributed by atoms with E-state index in [-0.39, 0.29) is 25.6 Å². The van der Waals surface area contributed by atoms with E-state index < -0.39 is 26.5 Å². The summed E-state index contributed by atoms with van der Waals surface area (Å²) in [6.07, 6.45) is 91.3. The molecule has 0 aliphatic heterocycles. The summed E-state index contributed by atoms with van der Waals surface area (Å²) in [4.78, 5) is 36.0. The smallest absolute Gasteiger partial charge is 0.462 e. The number of carbonyl (C=O) groups is 2. The molecule has 0 aliphatic carbocycles. The summed E-state index contributed by atoms with van der Waals surface area (Å²) in [7, 11) is 1.51. The van der Waals surface area contributed by atoms with Crippen molar-refractivity contribution in [3.05, 3.63) is 0 Å². The van der Waals surface area contributed by atoms with Crippen LogP contribution in [0.3, 0.4) is 0 Å². The van der Waals surface area contributed by atoms with Crippen LogP contribution >= 0.6 is 7.82 Å². The zero-order valence-electron chi connectivity index (χ0n) is 62.4. The number of phosphoric acid groups is 1. The van der Waals surface area contributed by atoms with E-state index in [1.807, 2.05) is 21.1 Å². The van der Waals surface area contributed by atoms with Gasteiger partial charge in [0.2, 0.25) is 0 Å². The number of nitrogens with zero attached hydrogens (tertiary/aromatic N) is 1. The number of esters is 2. The predicted octanol–water partition coefficient (Wildman–Crippen LogP) is 27.2. The summed E-state index contributed by atoms with van der Waals surface area (Å²) in [5.41, 5.74) is 0. The fourth-order valence-corrected chi connectivity index (χ4v) is 13.8. The highest BCUT2D eigenvalue weighted by Gasteiger charge is 2.27. The lowest BCUT2D eigenvalue weighted by molar-refractivity contribution is -0.870. The molecule has 0 aliphatic rings. The number of likely N-dealkylation sites (N-methyl/N-ethyl adjacent to an activating group) is 1. The Bertz CT molecular complexity index is 1490. The number of carbonyl (C=O) groups excluding carboxylic acids is 2. The first kappa shape index (κ1) is 90.0. The Morgan fingerprint density at radius 1 is 0.297 bits per heavy atom. The van der Waals surface area contributed by atoms with Crippen LogP contribution in [0.15, 0.2) is 0 Å². The molecule has 0 aromatic rings. The van der Waals surface area contributed by atoms with Crippen LogP contribution in [0.25, 0.3) is 0 Å². The lowest BCUT2D eigenvalue weighted by atomic mass is 10.0. The van der Waals surface area contributed by atoms with Crippen molar-refractivity contribution in [2.24, 2.45) is 0 Å². The Balaban J connectivity index is 3.86. The van der Waals surface area contributed by atoms with Gasteiger partial charge >= 0.3 is 19.8 Å². The molecule has 0 aromatic heterocycles. The average molecular weight is 1310 g/mol. The second kappa shape index (κ2) is 73.3. The van der Waals surface area contributed by atoms with Crippen molar-refractivity contribution < 1.29 is 42.1 Å².